The van der Waals surface area contributed by atoms with Crippen LogP contribution in [0.25, 0.3) is 117 Å². The Morgan fingerprint density at radius 2 is 0.800 bits per heavy atom. The van der Waals surface area contributed by atoms with E-state index in [1.807, 2.05) is 48.8 Å². The maximum absolute atomic E-state index is 5.01. The van der Waals surface area contributed by atoms with Gasteiger partial charge in [0.25, 0.3) is 0 Å². The molecule has 1 aliphatic carbocycles. The van der Waals surface area contributed by atoms with Crippen molar-refractivity contribution >= 4 is 21.8 Å². The van der Waals surface area contributed by atoms with E-state index >= 15 is 0 Å². The van der Waals surface area contributed by atoms with E-state index in [9.17, 15) is 0 Å². The number of hydrogen-bond donors (Lipinski definition) is 0. The molecule has 4 heterocycles. The van der Waals surface area contributed by atoms with Gasteiger partial charge in [0.1, 0.15) is 0 Å². The highest BCUT2D eigenvalue weighted by molar-refractivity contribution is 6.12. The number of pyridine rings is 3. The summed E-state index contributed by atoms with van der Waals surface area (Å²) >= 11 is 0. The van der Waals surface area contributed by atoms with Crippen LogP contribution in [0.3, 0.4) is 0 Å². The first-order chi connectivity index (χ1) is 34.4. The van der Waals surface area contributed by atoms with Crippen LogP contribution in [0.1, 0.15) is 25.0 Å². The second-order valence-corrected chi connectivity index (χ2v) is 18.8. The average molecular weight is 895 g/mol. The highest BCUT2D eigenvalue weighted by atomic mass is 15.0. The summed E-state index contributed by atoms with van der Waals surface area (Å²) in [4.78, 5) is 14.3. The number of rotatable bonds is 8. The molecule has 1 aliphatic rings. The molecule has 0 bridgehead atoms. The predicted octanol–water partition coefficient (Wildman–Crippen LogP) is 16.9. The topological polar surface area (TPSA) is 43.6 Å². The first kappa shape index (κ1) is 41.2. The standard InChI is InChI=1S/C66H46N4/c1-66(2)57-22-10-9-20-54(57)65-53(21-15-23-58(65)66)48-31-33-64-56(40-48)55-39-47(30-32-63(55)70(64)52-37-49(43-16-5-3-6-17-43)36-50(38-52)44-18-7-4-8-19-44)45-26-28-46(29-27-45)51-41-61(59-24-11-13-34-67-59)69-62(42-51)60-25-12-14-35-68-60/h3-42H,1-2H3. The lowest BCUT2D eigenvalue weighted by Gasteiger charge is -2.21. The van der Waals surface area contributed by atoms with E-state index in [-0.39, 0.29) is 5.41 Å². The van der Waals surface area contributed by atoms with Gasteiger partial charge < -0.3 is 4.57 Å². The normalized spacial score (nSPS) is 12.5. The minimum Gasteiger partial charge on any atom is -0.309 e. The number of fused-ring (bicyclic) bond motifs is 6. The van der Waals surface area contributed by atoms with Crippen LogP contribution in [0.2, 0.25) is 0 Å². The summed E-state index contributed by atoms with van der Waals surface area (Å²) in [6.45, 7) is 4.71. The SMILES string of the molecule is CC1(C)c2ccccc2-c2c(-c3ccc4c(c3)c3cc(-c5ccc(-c6cc(-c7ccccn7)nc(-c7ccccn7)c6)cc5)ccc3n4-c3cc(-c4ccccc4)cc(-c4ccccc4)c3)cccc21. The van der Waals surface area contributed by atoms with Gasteiger partial charge in [-0.1, -0.05) is 166 Å². The van der Waals surface area contributed by atoms with Gasteiger partial charge in [-0.2, -0.15) is 0 Å². The van der Waals surface area contributed by atoms with Crippen molar-refractivity contribution in [3.63, 3.8) is 0 Å². The first-order valence-electron chi connectivity index (χ1n) is 24.0. The Bertz CT molecular complexity index is 3820. The van der Waals surface area contributed by atoms with E-state index in [0.29, 0.717) is 0 Å². The molecule has 0 spiro atoms. The van der Waals surface area contributed by atoms with Crippen molar-refractivity contribution in [2.24, 2.45) is 0 Å². The van der Waals surface area contributed by atoms with E-state index in [4.69, 9.17) is 4.98 Å². The van der Waals surface area contributed by atoms with Gasteiger partial charge in [-0.05, 0) is 157 Å². The molecule has 0 atom stereocenters. The third kappa shape index (κ3) is 7.03. The lowest BCUT2D eigenvalue weighted by atomic mass is 9.82. The number of nitrogens with zero attached hydrogens (tertiary/aromatic N) is 4. The zero-order valence-corrected chi connectivity index (χ0v) is 38.9. The van der Waals surface area contributed by atoms with Crippen LogP contribution in [-0.4, -0.2) is 19.5 Å². The molecule has 0 N–H and O–H groups in total. The number of aromatic nitrogens is 4. The molecule has 0 unspecified atom stereocenters. The fraction of sp³-hybridized carbons (Fsp3) is 0.0455. The fourth-order valence-corrected chi connectivity index (χ4v) is 10.8. The minimum atomic E-state index is -0.0904. The second-order valence-electron chi connectivity index (χ2n) is 18.8. The Labute approximate surface area is 407 Å². The van der Waals surface area contributed by atoms with Crippen molar-refractivity contribution in [1.82, 2.24) is 19.5 Å². The molecule has 4 heteroatoms. The zero-order chi connectivity index (χ0) is 46.8. The molecule has 0 fully saturated rings. The molecule has 13 rings (SSSR count). The van der Waals surface area contributed by atoms with E-state index in [0.717, 1.165) is 61.8 Å². The Kier molecular flexibility index (Phi) is 9.81. The van der Waals surface area contributed by atoms with Gasteiger partial charge in [0.2, 0.25) is 0 Å². The fourth-order valence-electron chi connectivity index (χ4n) is 10.8. The third-order valence-corrected chi connectivity index (χ3v) is 14.3. The summed E-state index contributed by atoms with van der Waals surface area (Å²) in [7, 11) is 0. The Morgan fingerprint density at radius 3 is 1.40 bits per heavy atom. The molecular weight excluding hydrogens is 849 g/mol. The minimum absolute atomic E-state index is 0.0904. The summed E-state index contributed by atoms with van der Waals surface area (Å²) in [5, 5.41) is 2.41. The molecule has 0 saturated carbocycles. The van der Waals surface area contributed by atoms with Crippen molar-refractivity contribution < 1.29 is 0 Å². The molecule has 12 aromatic rings. The van der Waals surface area contributed by atoms with Crippen LogP contribution in [0, 0.1) is 0 Å². The average Bonchev–Trinajstić information content (AvgIpc) is 3.88. The summed E-state index contributed by atoms with van der Waals surface area (Å²) in [5.74, 6) is 0. The van der Waals surface area contributed by atoms with Crippen LogP contribution >= 0.6 is 0 Å². The molecule has 70 heavy (non-hydrogen) atoms. The Morgan fingerprint density at radius 1 is 0.329 bits per heavy atom. The molecular formula is C66H46N4. The molecule has 0 saturated heterocycles. The summed E-state index contributed by atoms with van der Waals surface area (Å²) in [5.41, 5.74) is 23.7. The van der Waals surface area contributed by atoms with E-state index in [1.165, 1.54) is 66.4 Å². The van der Waals surface area contributed by atoms with Gasteiger partial charge in [-0.25, -0.2) is 4.98 Å². The Hall–Kier alpha value is -8.99. The zero-order valence-electron chi connectivity index (χ0n) is 38.9. The van der Waals surface area contributed by atoms with Gasteiger partial charge in [0, 0.05) is 34.3 Å². The van der Waals surface area contributed by atoms with Crippen LogP contribution < -0.4 is 0 Å². The quantitative estimate of drug-likeness (QED) is 0.153. The van der Waals surface area contributed by atoms with Crippen molar-refractivity contribution in [3.05, 3.63) is 254 Å². The molecule has 0 amide bonds. The molecule has 0 aliphatic heterocycles. The highest BCUT2D eigenvalue weighted by Gasteiger charge is 2.36. The lowest BCUT2D eigenvalue weighted by Crippen LogP contribution is -2.14. The first-order valence-corrected chi connectivity index (χ1v) is 24.0. The third-order valence-electron chi connectivity index (χ3n) is 14.3. The van der Waals surface area contributed by atoms with Gasteiger partial charge in [0.05, 0.1) is 33.8 Å². The van der Waals surface area contributed by atoms with Gasteiger partial charge in [-0.3, -0.25) is 9.97 Å². The molecule has 330 valence electrons. The summed E-state index contributed by atoms with van der Waals surface area (Å²) < 4.78 is 2.47. The molecule has 4 nitrogen and oxygen atoms in total. The molecule has 0 radical (unpaired) electrons. The van der Waals surface area contributed by atoms with E-state index in [2.05, 4.69) is 223 Å². The van der Waals surface area contributed by atoms with Gasteiger partial charge in [0.15, 0.2) is 0 Å². The van der Waals surface area contributed by atoms with Crippen molar-refractivity contribution in [3.8, 4) is 95.2 Å². The van der Waals surface area contributed by atoms with Crippen molar-refractivity contribution in [2.45, 2.75) is 19.3 Å². The summed E-state index contributed by atoms with van der Waals surface area (Å²) in [6.07, 6.45) is 3.62. The maximum Gasteiger partial charge on any atom is 0.0900 e. The monoisotopic (exact) mass is 894 g/mol. The van der Waals surface area contributed by atoms with Crippen molar-refractivity contribution in [2.75, 3.05) is 0 Å². The van der Waals surface area contributed by atoms with E-state index in [1.54, 1.807) is 0 Å². The smallest absolute Gasteiger partial charge is 0.0900 e. The predicted molar refractivity (Wildman–Crippen MR) is 290 cm³/mol. The van der Waals surface area contributed by atoms with Crippen LogP contribution in [0.4, 0.5) is 0 Å². The maximum atomic E-state index is 5.01. The van der Waals surface area contributed by atoms with Gasteiger partial charge in [-0.15, -0.1) is 0 Å². The van der Waals surface area contributed by atoms with Crippen LogP contribution in [-0.2, 0) is 5.41 Å². The molecule has 4 aromatic heterocycles. The van der Waals surface area contributed by atoms with E-state index < -0.39 is 0 Å². The molecule has 8 aromatic carbocycles. The summed E-state index contributed by atoms with van der Waals surface area (Å²) in [6, 6.07) is 83.4. The van der Waals surface area contributed by atoms with Gasteiger partial charge >= 0.3 is 0 Å². The highest BCUT2D eigenvalue weighted by Crippen LogP contribution is 2.52. The van der Waals surface area contributed by atoms with Crippen LogP contribution in [0.5, 0.6) is 0 Å². The Balaban J connectivity index is 0.987. The van der Waals surface area contributed by atoms with Crippen molar-refractivity contribution in [1.29, 1.82) is 0 Å². The second kappa shape index (κ2) is 16.7. The lowest BCUT2D eigenvalue weighted by molar-refractivity contribution is 0.660. The number of hydrogen-bond acceptors (Lipinski definition) is 3. The largest absolute Gasteiger partial charge is 0.309 e. The van der Waals surface area contributed by atoms with Crippen LogP contribution in [0.15, 0.2) is 243 Å². The number of benzene rings is 8.